The molecule has 0 atom stereocenters. The van der Waals surface area contributed by atoms with E-state index >= 15 is 0 Å². The van der Waals surface area contributed by atoms with Crippen molar-refractivity contribution >= 4 is 15.5 Å². The zero-order valence-electron chi connectivity index (χ0n) is 10.2. The molecule has 0 fully saturated rings. The standard InChI is InChI=1S/C12H12N2O4S/c1-2-19(17,18)11-6-7-13-12(11)9-4-3-5-10(8-9)14(15)16/h3-8,13H,2H2,1H3. The molecule has 0 radical (unpaired) electrons. The monoisotopic (exact) mass is 280 g/mol. The van der Waals surface area contributed by atoms with E-state index in [2.05, 4.69) is 4.98 Å². The van der Waals surface area contributed by atoms with E-state index in [1.165, 1.54) is 30.5 Å². The molecule has 1 aromatic heterocycles. The number of nitro benzene ring substituents is 1. The maximum absolute atomic E-state index is 11.9. The Morgan fingerprint density at radius 3 is 2.68 bits per heavy atom. The topological polar surface area (TPSA) is 93.1 Å². The third-order valence-electron chi connectivity index (χ3n) is 2.77. The van der Waals surface area contributed by atoms with Crippen LogP contribution in [0.3, 0.4) is 0 Å². The molecule has 6 nitrogen and oxygen atoms in total. The van der Waals surface area contributed by atoms with Crippen molar-refractivity contribution in [3.05, 3.63) is 46.6 Å². The van der Waals surface area contributed by atoms with E-state index in [0.717, 1.165) is 0 Å². The molecule has 1 N–H and O–H groups in total. The fourth-order valence-corrected chi connectivity index (χ4v) is 2.84. The average Bonchev–Trinajstić information content (AvgIpc) is 2.89. The minimum absolute atomic E-state index is 0.0211. The van der Waals surface area contributed by atoms with Crippen LogP contribution < -0.4 is 0 Å². The summed E-state index contributed by atoms with van der Waals surface area (Å²) in [7, 11) is -3.37. The molecule has 0 bridgehead atoms. The molecule has 0 aliphatic carbocycles. The van der Waals surface area contributed by atoms with Gasteiger partial charge in [-0.3, -0.25) is 10.1 Å². The van der Waals surface area contributed by atoms with E-state index in [0.29, 0.717) is 11.3 Å². The largest absolute Gasteiger partial charge is 0.360 e. The molecular weight excluding hydrogens is 268 g/mol. The van der Waals surface area contributed by atoms with Gasteiger partial charge >= 0.3 is 0 Å². The first-order valence-electron chi connectivity index (χ1n) is 5.60. The Kier molecular flexibility index (Phi) is 3.39. The highest BCUT2D eigenvalue weighted by Gasteiger charge is 2.19. The van der Waals surface area contributed by atoms with Crippen LogP contribution in [-0.2, 0) is 9.84 Å². The van der Waals surface area contributed by atoms with Gasteiger partial charge in [0.1, 0.15) is 0 Å². The van der Waals surface area contributed by atoms with Gasteiger partial charge in [-0.05, 0) is 6.07 Å². The third kappa shape index (κ3) is 2.50. The highest BCUT2D eigenvalue weighted by molar-refractivity contribution is 7.91. The number of nitrogens with zero attached hydrogens (tertiary/aromatic N) is 1. The number of hydrogen-bond acceptors (Lipinski definition) is 4. The first kappa shape index (κ1) is 13.3. The minimum Gasteiger partial charge on any atom is -0.360 e. The summed E-state index contributed by atoms with van der Waals surface area (Å²) in [6.45, 7) is 1.56. The van der Waals surface area contributed by atoms with E-state index in [1.807, 2.05) is 0 Å². The Balaban J connectivity index is 2.58. The van der Waals surface area contributed by atoms with Gasteiger partial charge in [0.2, 0.25) is 0 Å². The number of aromatic amines is 1. The molecule has 2 aromatic rings. The minimum atomic E-state index is -3.37. The zero-order chi connectivity index (χ0) is 14.0. The van der Waals surface area contributed by atoms with Crippen LogP contribution >= 0.6 is 0 Å². The van der Waals surface area contributed by atoms with Crippen LogP contribution in [-0.4, -0.2) is 24.1 Å². The van der Waals surface area contributed by atoms with Crippen molar-refractivity contribution in [2.45, 2.75) is 11.8 Å². The van der Waals surface area contributed by atoms with Crippen LogP contribution in [0.5, 0.6) is 0 Å². The summed E-state index contributed by atoms with van der Waals surface area (Å²) >= 11 is 0. The number of aromatic nitrogens is 1. The average molecular weight is 280 g/mol. The number of rotatable bonds is 4. The number of benzene rings is 1. The van der Waals surface area contributed by atoms with Crippen LogP contribution in [0.2, 0.25) is 0 Å². The Bertz CT molecular complexity index is 719. The molecule has 0 saturated carbocycles. The first-order chi connectivity index (χ1) is 8.95. The lowest BCUT2D eigenvalue weighted by atomic mass is 10.1. The second kappa shape index (κ2) is 4.85. The Morgan fingerprint density at radius 2 is 2.05 bits per heavy atom. The zero-order valence-corrected chi connectivity index (χ0v) is 11.0. The number of nitro groups is 1. The highest BCUT2D eigenvalue weighted by Crippen LogP contribution is 2.28. The van der Waals surface area contributed by atoms with E-state index in [-0.39, 0.29) is 16.3 Å². The van der Waals surface area contributed by atoms with Gasteiger partial charge in [-0.2, -0.15) is 0 Å². The van der Waals surface area contributed by atoms with Gasteiger partial charge in [-0.25, -0.2) is 8.42 Å². The number of H-pyrrole nitrogens is 1. The fraction of sp³-hybridized carbons (Fsp3) is 0.167. The molecule has 0 spiro atoms. The van der Waals surface area contributed by atoms with Crippen molar-refractivity contribution in [1.29, 1.82) is 0 Å². The predicted molar refractivity (Wildman–Crippen MR) is 70.6 cm³/mol. The molecule has 1 aromatic carbocycles. The fourth-order valence-electron chi connectivity index (χ4n) is 1.77. The maximum atomic E-state index is 11.9. The molecule has 2 rings (SSSR count). The third-order valence-corrected chi connectivity index (χ3v) is 4.54. The number of hydrogen-bond donors (Lipinski definition) is 1. The van der Waals surface area contributed by atoms with Gasteiger partial charge < -0.3 is 4.98 Å². The Hall–Kier alpha value is -2.15. The maximum Gasteiger partial charge on any atom is 0.270 e. The van der Waals surface area contributed by atoms with Gasteiger partial charge in [0, 0.05) is 23.9 Å². The normalized spacial score (nSPS) is 11.4. The molecule has 0 unspecified atom stereocenters. The van der Waals surface area contributed by atoms with Crippen LogP contribution in [0.4, 0.5) is 5.69 Å². The molecule has 7 heteroatoms. The van der Waals surface area contributed by atoms with Crippen LogP contribution in [0.1, 0.15) is 6.92 Å². The van der Waals surface area contributed by atoms with Crippen molar-refractivity contribution in [3.8, 4) is 11.3 Å². The van der Waals surface area contributed by atoms with Crippen molar-refractivity contribution in [1.82, 2.24) is 4.98 Å². The molecule has 0 amide bonds. The summed E-state index contributed by atoms with van der Waals surface area (Å²) in [6.07, 6.45) is 1.51. The van der Waals surface area contributed by atoms with E-state index in [9.17, 15) is 18.5 Å². The van der Waals surface area contributed by atoms with Gasteiger partial charge in [0.15, 0.2) is 9.84 Å². The van der Waals surface area contributed by atoms with Crippen LogP contribution in [0.25, 0.3) is 11.3 Å². The molecule has 100 valence electrons. The van der Waals surface area contributed by atoms with Gasteiger partial charge in [0.05, 0.1) is 21.3 Å². The second-order valence-corrected chi connectivity index (χ2v) is 6.17. The van der Waals surface area contributed by atoms with Gasteiger partial charge in [-0.1, -0.05) is 19.1 Å². The van der Waals surface area contributed by atoms with Crippen molar-refractivity contribution < 1.29 is 13.3 Å². The summed E-state index contributed by atoms with van der Waals surface area (Å²) < 4.78 is 23.8. The molecular formula is C12H12N2O4S. The second-order valence-electron chi connectivity index (χ2n) is 3.93. The quantitative estimate of drug-likeness (QED) is 0.687. The van der Waals surface area contributed by atoms with Crippen molar-refractivity contribution in [2.24, 2.45) is 0 Å². The SMILES string of the molecule is CCS(=O)(=O)c1cc[nH]c1-c1cccc([N+](=O)[O-])c1. The van der Waals surface area contributed by atoms with E-state index in [4.69, 9.17) is 0 Å². The van der Waals surface area contributed by atoms with Crippen LogP contribution in [0.15, 0.2) is 41.4 Å². The van der Waals surface area contributed by atoms with Crippen molar-refractivity contribution in [3.63, 3.8) is 0 Å². The molecule has 1 heterocycles. The van der Waals surface area contributed by atoms with Crippen LogP contribution in [0, 0.1) is 10.1 Å². The Morgan fingerprint density at radius 1 is 1.32 bits per heavy atom. The highest BCUT2D eigenvalue weighted by atomic mass is 32.2. The molecule has 19 heavy (non-hydrogen) atoms. The smallest absolute Gasteiger partial charge is 0.270 e. The lowest BCUT2D eigenvalue weighted by Crippen LogP contribution is -2.04. The lowest BCUT2D eigenvalue weighted by Gasteiger charge is -2.04. The summed E-state index contributed by atoms with van der Waals surface area (Å²) in [5.74, 6) is -0.0211. The van der Waals surface area contributed by atoms with E-state index < -0.39 is 14.8 Å². The summed E-state index contributed by atoms with van der Waals surface area (Å²) in [4.78, 5) is 13.2. The lowest BCUT2D eigenvalue weighted by molar-refractivity contribution is -0.384. The molecule has 0 aliphatic heterocycles. The summed E-state index contributed by atoms with van der Waals surface area (Å²) in [5, 5.41) is 10.7. The molecule has 0 aliphatic rings. The predicted octanol–water partition coefficient (Wildman–Crippen LogP) is 2.38. The Labute approximate surface area is 110 Å². The van der Waals surface area contributed by atoms with Crippen molar-refractivity contribution in [2.75, 3.05) is 5.75 Å². The summed E-state index contributed by atoms with van der Waals surface area (Å²) in [5.41, 5.74) is 0.781. The first-order valence-corrected chi connectivity index (χ1v) is 7.26. The van der Waals surface area contributed by atoms with Gasteiger partial charge in [0.25, 0.3) is 5.69 Å². The number of nitrogens with one attached hydrogen (secondary N) is 1. The number of non-ortho nitro benzene ring substituents is 1. The number of sulfone groups is 1. The van der Waals surface area contributed by atoms with Gasteiger partial charge in [-0.15, -0.1) is 0 Å². The molecule has 0 saturated heterocycles. The van der Waals surface area contributed by atoms with E-state index in [1.54, 1.807) is 13.0 Å². The summed E-state index contributed by atoms with van der Waals surface area (Å²) in [6, 6.07) is 7.33.